The van der Waals surface area contributed by atoms with Crippen LogP contribution in [-0.4, -0.2) is 0 Å². The van der Waals surface area contributed by atoms with Crippen molar-refractivity contribution in [2.24, 2.45) is 16.2 Å². The molecule has 0 nitrogen and oxygen atoms in total. The van der Waals surface area contributed by atoms with Crippen LogP contribution in [0.2, 0.25) is 0 Å². The van der Waals surface area contributed by atoms with Gasteiger partial charge in [0.15, 0.2) is 0 Å². The molecule has 0 saturated heterocycles. The van der Waals surface area contributed by atoms with Crippen LogP contribution < -0.4 is 0 Å². The molecule has 0 aromatic heterocycles. The molecule has 0 saturated carbocycles. The van der Waals surface area contributed by atoms with Gasteiger partial charge >= 0.3 is 0 Å². The monoisotopic (exact) mass is 260 g/mol. The van der Waals surface area contributed by atoms with Crippen molar-refractivity contribution < 1.29 is 0 Å². The molecule has 0 fully saturated rings. The fourth-order valence-electron chi connectivity index (χ4n) is 2.76. The van der Waals surface area contributed by atoms with Crippen molar-refractivity contribution >= 4 is 0 Å². The summed E-state index contributed by atoms with van der Waals surface area (Å²) in [6.07, 6.45) is 15.3. The van der Waals surface area contributed by atoms with Gasteiger partial charge in [0.05, 0.1) is 0 Å². The van der Waals surface area contributed by atoms with E-state index in [9.17, 15) is 0 Å². The van der Waals surface area contributed by atoms with Crippen molar-refractivity contribution in [1.82, 2.24) is 0 Å². The number of hydrogen-bond acceptors (Lipinski definition) is 0. The smallest absolute Gasteiger partial charge is 0.0121 e. The molecule has 1 aliphatic rings. The molecule has 1 aliphatic carbocycles. The first kappa shape index (κ1) is 16.3. The molecule has 0 radical (unpaired) electrons. The third kappa shape index (κ3) is 4.09. The lowest BCUT2D eigenvalue weighted by Crippen LogP contribution is -2.35. The average Bonchev–Trinajstić information content (AvgIpc) is 2.48. The first-order chi connectivity index (χ1) is 8.62. The standard InChI is InChI=1S/C19H32/c1-8-18(6,7)19(14-13-17(3,4)5)12-10-9-11-16(2)15-19/h9-12,15H,8,13-14H2,1-7H3. The maximum Gasteiger partial charge on any atom is 0.0121 e. The normalized spacial score (nSPS) is 24.3. The minimum atomic E-state index is 0.183. The van der Waals surface area contributed by atoms with Crippen LogP contribution in [0.4, 0.5) is 0 Å². The van der Waals surface area contributed by atoms with Crippen LogP contribution in [-0.2, 0) is 0 Å². The first-order valence-corrected chi connectivity index (χ1v) is 7.67. The maximum absolute atomic E-state index is 2.50. The Morgan fingerprint density at radius 1 is 1.05 bits per heavy atom. The Bertz CT molecular complexity index is 385. The maximum atomic E-state index is 2.50. The summed E-state index contributed by atoms with van der Waals surface area (Å²) < 4.78 is 0. The van der Waals surface area contributed by atoms with Crippen molar-refractivity contribution in [3.05, 3.63) is 36.0 Å². The Morgan fingerprint density at radius 3 is 2.21 bits per heavy atom. The molecule has 0 N–H and O–H groups in total. The zero-order valence-electron chi connectivity index (χ0n) is 14.0. The van der Waals surface area contributed by atoms with E-state index in [0.29, 0.717) is 10.8 Å². The van der Waals surface area contributed by atoms with E-state index in [2.05, 4.69) is 78.8 Å². The minimum absolute atomic E-state index is 0.183. The van der Waals surface area contributed by atoms with Crippen LogP contribution in [0.15, 0.2) is 36.0 Å². The van der Waals surface area contributed by atoms with Crippen LogP contribution >= 0.6 is 0 Å². The molecule has 0 aliphatic heterocycles. The van der Waals surface area contributed by atoms with Crippen molar-refractivity contribution in [2.45, 2.75) is 67.7 Å². The van der Waals surface area contributed by atoms with Gasteiger partial charge in [-0.25, -0.2) is 0 Å². The molecule has 0 heterocycles. The summed E-state index contributed by atoms with van der Waals surface area (Å²) in [6.45, 7) is 16.4. The van der Waals surface area contributed by atoms with Crippen LogP contribution in [0, 0.1) is 16.2 Å². The van der Waals surface area contributed by atoms with Crippen LogP contribution in [0.25, 0.3) is 0 Å². The van der Waals surface area contributed by atoms with Crippen LogP contribution in [0.5, 0.6) is 0 Å². The predicted molar refractivity (Wildman–Crippen MR) is 87.2 cm³/mol. The van der Waals surface area contributed by atoms with Crippen LogP contribution in [0.1, 0.15) is 67.7 Å². The lowest BCUT2D eigenvalue weighted by molar-refractivity contribution is 0.138. The number of hydrogen-bond donors (Lipinski definition) is 0. The Balaban J connectivity index is 3.15. The van der Waals surface area contributed by atoms with Gasteiger partial charge < -0.3 is 0 Å². The lowest BCUT2D eigenvalue weighted by Gasteiger charge is -2.44. The Labute approximate surface area is 120 Å². The van der Waals surface area contributed by atoms with Gasteiger partial charge in [-0.2, -0.15) is 0 Å². The van der Waals surface area contributed by atoms with E-state index >= 15 is 0 Å². The fourth-order valence-corrected chi connectivity index (χ4v) is 2.76. The van der Waals surface area contributed by atoms with E-state index in [1.54, 1.807) is 0 Å². The highest BCUT2D eigenvalue weighted by Gasteiger charge is 2.40. The summed E-state index contributed by atoms with van der Waals surface area (Å²) in [4.78, 5) is 0. The van der Waals surface area contributed by atoms with Gasteiger partial charge in [0.2, 0.25) is 0 Å². The van der Waals surface area contributed by atoms with Gasteiger partial charge in [0.1, 0.15) is 0 Å². The number of allylic oxidation sites excluding steroid dienone is 6. The Hall–Kier alpha value is -0.780. The third-order valence-corrected chi connectivity index (χ3v) is 4.78. The van der Waals surface area contributed by atoms with Gasteiger partial charge in [-0.3, -0.25) is 0 Å². The van der Waals surface area contributed by atoms with E-state index in [4.69, 9.17) is 0 Å². The highest BCUT2D eigenvalue weighted by atomic mass is 14.4. The summed E-state index contributed by atoms with van der Waals surface area (Å²) in [5.41, 5.74) is 2.26. The second kappa shape index (κ2) is 5.69. The molecule has 0 bridgehead atoms. The summed E-state index contributed by atoms with van der Waals surface area (Å²) >= 11 is 0. The SMILES string of the molecule is CCC(C)(C)C1(CCC(C)(C)C)C=CC=CC(C)=C1. The molecule has 1 rings (SSSR count). The zero-order chi connectivity index (χ0) is 14.7. The molecular weight excluding hydrogens is 228 g/mol. The van der Waals surface area contributed by atoms with E-state index in [0.717, 1.165) is 0 Å². The van der Waals surface area contributed by atoms with Gasteiger partial charge in [0.25, 0.3) is 0 Å². The molecule has 1 atom stereocenters. The molecular formula is C19H32. The molecule has 0 aromatic carbocycles. The van der Waals surface area contributed by atoms with Gasteiger partial charge in [-0.05, 0) is 37.0 Å². The summed E-state index contributed by atoms with van der Waals surface area (Å²) in [7, 11) is 0. The topological polar surface area (TPSA) is 0 Å². The zero-order valence-corrected chi connectivity index (χ0v) is 14.0. The third-order valence-electron chi connectivity index (χ3n) is 4.78. The van der Waals surface area contributed by atoms with Crippen molar-refractivity contribution in [2.75, 3.05) is 0 Å². The summed E-state index contributed by atoms with van der Waals surface area (Å²) in [5.74, 6) is 0. The van der Waals surface area contributed by atoms with E-state index < -0.39 is 0 Å². The average molecular weight is 260 g/mol. The van der Waals surface area contributed by atoms with Crippen LogP contribution in [0.3, 0.4) is 0 Å². The molecule has 0 aromatic rings. The molecule has 0 amide bonds. The molecule has 19 heavy (non-hydrogen) atoms. The molecule has 1 unspecified atom stereocenters. The van der Waals surface area contributed by atoms with Gasteiger partial charge in [0, 0.05) is 5.41 Å². The second-order valence-corrected chi connectivity index (χ2v) is 7.95. The molecule has 0 heteroatoms. The highest BCUT2D eigenvalue weighted by Crippen LogP contribution is 2.50. The second-order valence-electron chi connectivity index (χ2n) is 7.95. The first-order valence-electron chi connectivity index (χ1n) is 7.67. The minimum Gasteiger partial charge on any atom is -0.0740 e. The van der Waals surface area contributed by atoms with Crippen molar-refractivity contribution in [1.29, 1.82) is 0 Å². The fraction of sp³-hybridized carbons (Fsp3) is 0.684. The lowest BCUT2D eigenvalue weighted by atomic mass is 9.60. The Morgan fingerprint density at radius 2 is 1.68 bits per heavy atom. The summed E-state index contributed by atoms with van der Waals surface area (Å²) in [5, 5.41) is 0. The van der Waals surface area contributed by atoms with E-state index in [-0.39, 0.29) is 5.41 Å². The highest BCUT2D eigenvalue weighted by molar-refractivity contribution is 5.32. The molecule has 108 valence electrons. The molecule has 0 spiro atoms. The number of rotatable bonds is 4. The van der Waals surface area contributed by atoms with Crippen molar-refractivity contribution in [3.8, 4) is 0 Å². The van der Waals surface area contributed by atoms with Gasteiger partial charge in [-0.1, -0.05) is 77.5 Å². The van der Waals surface area contributed by atoms with E-state index in [1.165, 1.54) is 24.8 Å². The largest absolute Gasteiger partial charge is 0.0740 e. The van der Waals surface area contributed by atoms with Crippen molar-refractivity contribution in [3.63, 3.8) is 0 Å². The van der Waals surface area contributed by atoms with E-state index in [1.807, 2.05) is 0 Å². The summed E-state index contributed by atoms with van der Waals surface area (Å²) in [6, 6.07) is 0. The van der Waals surface area contributed by atoms with Gasteiger partial charge in [-0.15, -0.1) is 0 Å². The Kier molecular flexibility index (Phi) is 4.87. The quantitative estimate of drug-likeness (QED) is 0.556. The predicted octanol–water partition coefficient (Wildman–Crippen LogP) is 6.31.